The number of hydrogen-bond donors (Lipinski definition) is 0. The molecule has 0 radical (unpaired) electrons. The Morgan fingerprint density at radius 1 is 1.41 bits per heavy atom. The molecule has 0 aliphatic rings. The van der Waals surface area contributed by atoms with Gasteiger partial charge in [0.05, 0.1) is 17.5 Å². The Bertz CT molecular complexity index is 525. The number of nitro benzene ring substituents is 1. The molecule has 1 aromatic heterocycles. The predicted octanol–water partition coefficient (Wildman–Crippen LogP) is -1.73. The summed E-state index contributed by atoms with van der Waals surface area (Å²) in [5, 5.41) is 10.8. The average Bonchev–Trinajstić information content (AvgIpc) is 2.64. The van der Waals surface area contributed by atoms with E-state index in [1.54, 1.807) is 12.1 Å². The molecule has 0 saturated carbocycles. The van der Waals surface area contributed by atoms with Crippen LogP contribution in [-0.2, 0) is 13.6 Å². The maximum atomic E-state index is 10.8. The number of hydrogen-bond acceptors (Lipinski definition) is 2. The van der Waals surface area contributed by atoms with Gasteiger partial charge in [-0.05, 0) is 6.07 Å². The summed E-state index contributed by atoms with van der Waals surface area (Å²) < 4.78 is 3.80. The number of nitro groups is 1. The maximum Gasteiger partial charge on any atom is 0.276 e. The Balaban J connectivity index is 0.00000144. The zero-order valence-corrected chi connectivity index (χ0v) is 10.9. The van der Waals surface area contributed by atoms with Crippen molar-refractivity contribution >= 4 is 5.69 Å². The molecule has 6 heteroatoms. The molecule has 0 atom stereocenters. The first-order chi connectivity index (χ1) is 7.66. The van der Waals surface area contributed by atoms with Crippen molar-refractivity contribution in [3.63, 3.8) is 0 Å². The number of imidazole rings is 1. The molecule has 1 heterocycles. The van der Waals surface area contributed by atoms with Crippen molar-refractivity contribution in [1.82, 2.24) is 4.57 Å². The quantitative estimate of drug-likeness (QED) is 0.384. The molecular formula is C11H12BrN3O2. The van der Waals surface area contributed by atoms with Gasteiger partial charge in [-0.25, -0.2) is 9.13 Å². The third kappa shape index (κ3) is 3.13. The molecule has 0 N–H and O–H groups in total. The molecule has 0 spiro atoms. The Morgan fingerprint density at radius 2 is 2.12 bits per heavy atom. The van der Waals surface area contributed by atoms with Crippen LogP contribution in [0.3, 0.4) is 0 Å². The molecule has 2 rings (SSSR count). The molecule has 0 saturated heterocycles. The molecule has 1 aromatic carbocycles. The molecule has 0 unspecified atom stereocenters. The van der Waals surface area contributed by atoms with E-state index in [4.69, 9.17) is 0 Å². The lowest BCUT2D eigenvalue weighted by Crippen LogP contribution is -3.00. The van der Waals surface area contributed by atoms with Crippen molar-refractivity contribution in [2.24, 2.45) is 7.05 Å². The van der Waals surface area contributed by atoms with Crippen LogP contribution >= 0.6 is 0 Å². The fourth-order valence-corrected chi connectivity index (χ4v) is 1.61. The average molecular weight is 298 g/mol. The van der Waals surface area contributed by atoms with Gasteiger partial charge in [0.15, 0.2) is 0 Å². The number of nitrogens with zero attached hydrogens (tertiary/aromatic N) is 3. The Kier molecular flexibility index (Phi) is 4.39. The van der Waals surface area contributed by atoms with Crippen molar-refractivity contribution in [1.29, 1.82) is 0 Å². The SMILES string of the molecule is C[n+]1ccn(Cc2ccccc2[N+](=O)[O-])c1.[Br-]. The van der Waals surface area contributed by atoms with Crippen LogP contribution < -0.4 is 21.5 Å². The summed E-state index contributed by atoms with van der Waals surface area (Å²) in [7, 11) is 1.91. The number of halogens is 1. The van der Waals surface area contributed by atoms with E-state index in [0.717, 1.165) is 0 Å². The molecule has 0 amide bonds. The van der Waals surface area contributed by atoms with Gasteiger partial charge in [0, 0.05) is 6.07 Å². The summed E-state index contributed by atoms with van der Waals surface area (Å²) in [5.74, 6) is 0. The lowest BCUT2D eigenvalue weighted by molar-refractivity contribution is -0.671. The summed E-state index contributed by atoms with van der Waals surface area (Å²) in [5.41, 5.74) is 0.877. The van der Waals surface area contributed by atoms with Crippen LogP contribution in [0.2, 0.25) is 0 Å². The first-order valence-electron chi connectivity index (χ1n) is 4.90. The highest BCUT2D eigenvalue weighted by Crippen LogP contribution is 2.18. The van der Waals surface area contributed by atoms with E-state index in [2.05, 4.69) is 0 Å². The van der Waals surface area contributed by atoms with E-state index in [1.807, 2.05) is 41.0 Å². The van der Waals surface area contributed by atoms with Gasteiger partial charge in [0.1, 0.15) is 18.9 Å². The molecule has 2 aromatic rings. The van der Waals surface area contributed by atoms with E-state index in [0.29, 0.717) is 12.1 Å². The smallest absolute Gasteiger partial charge is 0.276 e. The summed E-state index contributed by atoms with van der Waals surface area (Å²) in [6, 6.07) is 6.79. The van der Waals surface area contributed by atoms with Crippen molar-refractivity contribution < 1.29 is 26.5 Å². The van der Waals surface area contributed by atoms with E-state index >= 15 is 0 Å². The van der Waals surface area contributed by atoms with E-state index < -0.39 is 0 Å². The maximum absolute atomic E-state index is 10.8. The van der Waals surface area contributed by atoms with Gasteiger partial charge >= 0.3 is 0 Å². The van der Waals surface area contributed by atoms with Crippen LogP contribution in [0.5, 0.6) is 0 Å². The van der Waals surface area contributed by atoms with Crippen LogP contribution in [0.1, 0.15) is 5.56 Å². The van der Waals surface area contributed by atoms with Crippen LogP contribution in [0.4, 0.5) is 5.69 Å². The predicted molar refractivity (Wildman–Crippen MR) is 57.8 cm³/mol. The Morgan fingerprint density at radius 3 is 2.71 bits per heavy atom. The Hall–Kier alpha value is -1.69. The van der Waals surface area contributed by atoms with Crippen LogP contribution in [-0.4, -0.2) is 9.49 Å². The molecule has 0 bridgehead atoms. The highest BCUT2D eigenvalue weighted by atomic mass is 79.9. The second kappa shape index (κ2) is 5.58. The van der Waals surface area contributed by atoms with Gasteiger partial charge < -0.3 is 17.0 Å². The lowest BCUT2D eigenvalue weighted by Gasteiger charge is -1.99. The zero-order chi connectivity index (χ0) is 11.5. The van der Waals surface area contributed by atoms with Gasteiger partial charge in [0.25, 0.3) is 5.69 Å². The van der Waals surface area contributed by atoms with Crippen LogP contribution in [0.25, 0.3) is 0 Å². The van der Waals surface area contributed by atoms with Gasteiger partial charge in [-0.3, -0.25) is 10.1 Å². The normalized spacial score (nSPS) is 9.71. The molecule has 90 valence electrons. The lowest BCUT2D eigenvalue weighted by atomic mass is 10.2. The second-order valence-electron chi connectivity index (χ2n) is 3.64. The first-order valence-corrected chi connectivity index (χ1v) is 4.90. The highest BCUT2D eigenvalue weighted by Gasteiger charge is 2.14. The molecule has 17 heavy (non-hydrogen) atoms. The molecule has 5 nitrogen and oxygen atoms in total. The van der Waals surface area contributed by atoms with Crippen molar-refractivity contribution in [3.05, 3.63) is 58.7 Å². The van der Waals surface area contributed by atoms with Crippen molar-refractivity contribution in [3.8, 4) is 0 Å². The van der Waals surface area contributed by atoms with Gasteiger partial charge in [-0.15, -0.1) is 0 Å². The fraction of sp³-hybridized carbons (Fsp3) is 0.182. The molecule has 0 aliphatic heterocycles. The van der Waals surface area contributed by atoms with E-state index in [-0.39, 0.29) is 27.6 Å². The minimum absolute atomic E-state index is 0. The number of para-hydroxylation sites is 1. The number of aryl methyl sites for hydroxylation is 1. The second-order valence-corrected chi connectivity index (χ2v) is 3.64. The molecular weight excluding hydrogens is 286 g/mol. The summed E-state index contributed by atoms with van der Waals surface area (Å²) in [4.78, 5) is 10.5. The fourth-order valence-electron chi connectivity index (χ4n) is 1.61. The largest absolute Gasteiger partial charge is 1.00 e. The summed E-state index contributed by atoms with van der Waals surface area (Å²) in [6.07, 6.45) is 5.67. The number of benzene rings is 1. The monoisotopic (exact) mass is 297 g/mol. The highest BCUT2D eigenvalue weighted by molar-refractivity contribution is 5.39. The molecule has 0 aliphatic carbocycles. The van der Waals surface area contributed by atoms with Crippen LogP contribution in [0, 0.1) is 10.1 Å². The summed E-state index contributed by atoms with van der Waals surface area (Å²) in [6.45, 7) is 0.512. The van der Waals surface area contributed by atoms with Gasteiger partial charge in [0.2, 0.25) is 6.33 Å². The van der Waals surface area contributed by atoms with Gasteiger partial charge in [-0.1, -0.05) is 12.1 Å². The Labute approximate surface area is 109 Å². The standard InChI is InChI=1S/C11H12N3O2.BrH/c1-12-6-7-13(9-12)8-10-4-2-3-5-11(10)14(15)16;/h2-7,9H,8H2,1H3;1H/q+1;/p-1. The summed E-state index contributed by atoms with van der Waals surface area (Å²) >= 11 is 0. The van der Waals surface area contributed by atoms with E-state index in [1.165, 1.54) is 6.07 Å². The minimum Gasteiger partial charge on any atom is -1.00 e. The van der Waals surface area contributed by atoms with E-state index in [9.17, 15) is 10.1 Å². The first kappa shape index (κ1) is 13.4. The van der Waals surface area contributed by atoms with Crippen LogP contribution in [0.15, 0.2) is 43.0 Å². The minimum atomic E-state index is -0.348. The number of rotatable bonds is 3. The van der Waals surface area contributed by atoms with Gasteiger partial charge in [-0.2, -0.15) is 0 Å². The molecule has 0 fully saturated rings. The van der Waals surface area contributed by atoms with Crippen molar-refractivity contribution in [2.45, 2.75) is 6.54 Å². The number of aromatic nitrogens is 2. The third-order valence-corrected chi connectivity index (χ3v) is 2.36. The third-order valence-electron chi connectivity index (χ3n) is 2.36. The zero-order valence-electron chi connectivity index (χ0n) is 9.28. The topological polar surface area (TPSA) is 52.0 Å². The van der Waals surface area contributed by atoms with Crippen molar-refractivity contribution in [2.75, 3.05) is 0 Å².